The van der Waals surface area contributed by atoms with Gasteiger partial charge in [-0.25, -0.2) is 4.39 Å². The zero-order chi connectivity index (χ0) is 23.8. The van der Waals surface area contributed by atoms with E-state index in [4.69, 9.17) is 21.1 Å². The number of fused-ring (bicyclic) bond motifs is 1. The SMILES string of the molecule is COc1ccc(F)c(-c2ccc3c(c2Cl)CCC3Oc2cccc(C(CC(=O)O)C3CC3)c2)c1. The van der Waals surface area contributed by atoms with Crippen molar-refractivity contribution in [3.8, 4) is 22.6 Å². The van der Waals surface area contributed by atoms with Crippen LogP contribution in [-0.2, 0) is 11.2 Å². The molecular weight excluding hydrogens is 455 g/mol. The van der Waals surface area contributed by atoms with E-state index in [1.165, 1.54) is 6.07 Å². The number of rotatable bonds is 8. The van der Waals surface area contributed by atoms with Crippen molar-refractivity contribution in [3.05, 3.63) is 82.1 Å². The van der Waals surface area contributed by atoms with Crippen LogP contribution in [0.3, 0.4) is 0 Å². The zero-order valence-corrected chi connectivity index (χ0v) is 19.6. The predicted octanol–water partition coefficient (Wildman–Crippen LogP) is 7.19. The summed E-state index contributed by atoms with van der Waals surface area (Å²) < 4.78 is 26.2. The number of aliphatic carboxylic acids is 1. The summed E-state index contributed by atoms with van der Waals surface area (Å²) >= 11 is 6.76. The molecule has 2 aliphatic carbocycles. The van der Waals surface area contributed by atoms with E-state index >= 15 is 0 Å². The van der Waals surface area contributed by atoms with Crippen LogP contribution in [0.1, 0.15) is 54.4 Å². The molecule has 5 rings (SSSR count). The molecule has 0 aromatic heterocycles. The average Bonchev–Trinajstić information content (AvgIpc) is 3.59. The van der Waals surface area contributed by atoms with Crippen molar-refractivity contribution in [2.45, 2.75) is 44.1 Å². The van der Waals surface area contributed by atoms with Gasteiger partial charge in [0.2, 0.25) is 0 Å². The first-order valence-corrected chi connectivity index (χ1v) is 12.0. The molecule has 0 amide bonds. The van der Waals surface area contributed by atoms with Crippen molar-refractivity contribution in [1.29, 1.82) is 0 Å². The molecule has 0 aliphatic heterocycles. The summed E-state index contributed by atoms with van der Waals surface area (Å²) in [6.07, 6.45) is 3.64. The van der Waals surface area contributed by atoms with E-state index in [0.717, 1.165) is 48.1 Å². The number of carbonyl (C=O) groups is 1. The molecule has 3 aromatic carbocycles. The maximum Gasteiger partial charge on any atom is 0.303 e. The largest absolute Gasteiger partial charge is 0.497 e. The Balaban J connectivity index is 1.40. The Morgan fingerprint density at radius 3 is 2.65 bits per heavy atom. The van der Waals surface area contributed by atoms with Gasteiger partial charge in [-0.05, 0) is 84.5 Å². The number of carboxylic acids is 1. The highest BCUT2D eigenvalue weighted by Crippen LogP contribution is 2.46. The fraction of sp³-hybridized carbons (Fsp3) is 0.321. The summed E-state index contributed by atoms with van der Waals surface area (Å²) in [5, 5.41) is 9.87. The van der Waals surface area contributed by atoms with Gasteiger partial charge >= 0.3 is 5.97 Å². The summed E-state index contributed by atoms with van der Waals surface area (Å²) in [5.74, 6) is 0.633. The van der Waals surface area contributed by atoms with Crippen LogP contribution in [0, 0.1) is 11.7 Å². The highest BCUT2D eigenvalue weighted by molar-refractivity contribution is 6.34. The van der Waals surface area contributed by atoms with Crippen LogP contribution in [0.5, 0.6) is 11.5 Å². The number of carboxylic acid groups (broad SMARTS) is 1. The number of benzene rings is 3. The van der Waals surface area contributed by atoms with Gasteiger partial charge in [-0.15, -0.1) is 0 Å². The Bertz CT molecular complexity index is 1240. The van der Waals surface area contributed by atoms with Crippen LogP contribution >= 0.6 is 11.6 Å². The maximum atomic E-state index is 14.6. The minimum Gasteiger partial charge on any atom is -0.497 e. The van der Waals surface area contributed by atoms with Gasteiger partial charge < -0.3 is 14.6 Å². The van der Waals surface area contributed by atoms with Crippen molar-refractivity contribution in [3.63, 3.8) is 0 Å². The first kappa shape index (κ1) is 22.7. The summed E-state index contributed by atoms with van der Waals surface area (Å²) in [4.78, 5) is 11.4. The lowest BCUT2D eigenvalue weighted by Gasteiger charge is -2.19. The van der Waals surface area contributed by atoms with Crippen LogP contribution in [0.2, 0.25) is 5.02 Å². The van der Waals surface area contributed by atoms with Crippen LogP contribution in [0.25, 0.3) is 11.1 Å². The van der Waals surface area contributed by atoms with Crippen LogP contribution in [0.4, 0.5) is 4.39 Å². The fourth-order valence-electron chi connectivity index (χ4n) is 5.02. The van der Waals surface area contributed by atoms with Gasteiger partial charge in [-0.3, -0.25) is 4.79 Å². The van der Waals surface area contributed by atoms with Crippen molar-refractivity contribution in [2.24, 2.45) is 5.92 Å². The molecule has 6 heteroatoms. The second-order valence-corrected chi connectivity index (χ2v) is 9.48. The molecule has 2 atom stereocenters. The van der Waals surface area contributed by atoms with E-state index in [1.54, 1.807) is 19.2 Å². The molecule has 0 heterocycles. The minimum absolute atomic E-state index is 0.0201. The number of ether oxygens (including phenoxy) is 2. The van der Waals surface area contributed by atoms with E-state index < -0.39 is 5.97 Å². The normalized spacial score (nSPS) is 17.8. The molecule has 1 fully saturated rings. The Morgan fingerprint density at radius 1 is 1.09 bits per heavy atom. The molecule has 2 aliphatic rings. The molecule has 176 valence electrons. The summed E-state index contributed by atoms with van der Waals surface area (Å²) in [5.41, 5.74) is 4.05. The zero-order valence-electron chi connectivity index (χ0n) is 18.9. The summed E-state index contributed by atoms with van der Waals surface area (Å²) in [6.45, 7) is 0. The van der Waals surface area contributed by atoms with E-state index in [9.17, 15) is 14.3 Å². The van der Waals surface area contributed by atoms with E-state index in [1.807, 2.05) is 36.4 Å². The first-order valence-electron chi connectivity index (χ1n) is 11.6. The maximum absolute atomic E-state index is 14.6. The number of hydrogen-bond donors (Lipinski definition) is 1. The molecule has 34 heavy (non-hydrogen) atoms. The first-order chi connectivity index (χ1) is 16.4. The van der Waals surface area contributed by atoms with Crippen LogP contribution in [0.15, 0.2) is 54.6 Å². The molecule has 0 radical (unpaired) electrons. The summed E-state index contributed by atoms with van der Waals surface area (Å²) in [7, 11) is 1.55. The average molecular weight is 481 g/mol. The monoisotopic (exact) mass is 480 g/mol. The molecule has 0 spiro atoms. The van der Waals surface area contributed by atoms with Crippen molar-refractivity contribution in [1.82, 2.24) is 0 Å². The van der Waals surface area contributed by atoms with Crippen LogP contribution < -0.4 is 9.47 Å². The lowest BCUT2D eigenvalue weighted by atomic mass is 9.91. The van der Waals surface area contributed by atoms with Crippen molar-refractivity contribution >= 4 is 17.6 Å². The van der Waals surface area contributed by atoms with Gasteiger partial charge in [0.05, 0.1) is 18.6 Å². The number of methoxy groups -OCH3 is 1. The van der Waals surface area contributed by atoms with Gasteiger partial charge in [-0.2, -0.15) is 0 Å². The predicted molar refractivity (Wildman–Crippen MR) is 129 cm³/mol. The Morgan fingerprint density at radius 2 is 1.91 bits per heavy atom. The topological polar surface area (TPSA) is 55.8 Å². The second-order valence-electron chi connectivity index (χ2n) is 9.10. The van der Waals surface area contributed by atoms with Crippen LogP contribution in [-0.4, -0.2) is 18.2 Å². The van der Waals surface area contributed by atoms with Gasteiger partial charge in [-0.1, -0.05) is 35.9 Å². The molecule has 0 bridgehead atoms. The van der Waals surface area contributed by atoms with Gasteiger partial charge in [0.15, 0.2) is 0 Å². The van der Waals surface area contributed by atoms with E-state index in [-0.39, 0.29) is 24.3 Å². The second kappa shape index (κ2) is 9.30. The van der Waals surface area contributed by atoms with Crippen molar-refractivity contribution in [2.75, 3.05) is 7.11 Å². The molecule has 0 saturated heterocycles. The lowest BCUT2D eigenvalue weighted by molar-refractivity contribution is -0.137. The quantitative estimate of drug-likeness (QED) is 0.370. The third-order valence-electron chi connectivity index (χ3n) is 6.90. The number of hydrogen-bond acceptors (Lipinski definition) is 3. The Labute approximate surface area is 203 Å². The standard InChI is InChI=1S/C28H26ClFO4/c1-33-18-7-11-25(30)24(14-18)22-9-8-20-21(28(22)29)10-12-26(20)34-19-4-2-3-17(13-19)23(15-27(31)32)16-5-6-16/h2-4,7-9,11,13-14,16,23,26H,5-6,10,12,15H2,1H3,(H,31,32). The minimum atomic E-state index is -0.772. The van der Waals surface area contributed by atoms with E-state index in [2.05, 4.69) is 0 Å². The van der Waals surface area contributed by atoms with Gasteiger partial charge in [0.1, 0.15) is 23.4 Å². The molecule has 1 saturated carbocycles. The van der Waals surface area contributed by atoms with E-state index in [0.29, 0.717) is 27.8 Å². The Kier molecular flexibility index (Phi) is 6.22. The molecular formula is C28H26ClFO4. The third-order valence-corrected chi connectivity index (χ3v) is 7.33. The third kappa shape index (κ3) is 4.49. The highest BCUT2D eigenvalue weighted by atomic mass is 35.5. The highest BCUT2D eigenvalue weighted by Gasteiger charge is 2.34. The lowest BCUT2D eigenvalue weighted by Crippen LogP contribution is -2.09. The smallest absolute Gasteiger partial charge is 0.303 e. The molecule has 1 N–H and O–H groups in total. The molecule has 4 nitrogen and oxygen atoms in total. The number of halogens is 2. The van der Waals surface area contributed by atoms with Gasteiger partial charge in [0.25, 0.3) is 0 Å². The van der Waals surface area contributed by atoms with Crippen molar-refractivity contribution < 1.29 is 23.8 Å². The summed E-state index contributed by atoms with van der Waals surface area (Å²) in [6, 6.07) is 16.2. The molecule has 3 aromatic rings. The van der Waals surface area contributed by atoms with Gasteiger partial charge in [0, 0.05) is 11.1 Å². The fourth-order valence-corrected chi connectivity index (χ4v) is 5.39. The molecule has 2 unspecified atom stereocenters. The Hall–Kier alpha value is -3.05.